The number of carbonyl (C=O) groups excluding carboxylic acids is 2. The molecule has 1 N–H and O–H groups in total. The molecule has 1 saturated heterocycles. The number of morpholine rings is 1. The maximum absolute atomic E-state index is 13.3. The van der Waals surface area contributed by atoms with Crippen LogP contribution in [0.1, 0.15) is 28.0 Å². The molecule has 3 aromatic rings. The van der Waals surface area contributed by atoms with E-state index in [-0.39, 0.29) is 31.4 Å². The predicted octanol–water partition coefficient (Wildman–Crippen LogP) is 3.71. The summed E-state index contributed by atoms with van der Waals surface area (Å²) in [6.07, 6.45) is 3.02. The molecule has 4 rings (SSSR count). The number of imidazole rings is 1. The van der Waals surface area contributed by atoms with Gasteiger partial charge in [-0.3, -0.25) is 9.59 Å². The number of rotatable bonds is 8. The first-order chi connectivity index (χ1) is 16.8. The van der Waals surface area contributed by atoms with Gasteiger partial charge < -0.3 is 24.3 Å². The monoisotopic (exact) mass is 496 g/mol. The molecule has 9 heteroatoms. The summed E-state index contributed by atoms with van der Waals surface area (Å²) in [6.45, 7) is 3.39. The van der Waals surface area contributed by atoms with Gasteiger partial charge in [0.15, 0.2) is 0 Å². The third-order valence-corrected chi connectivity index (χ3v) is 6.48. The van der Waals surface area contributed by atoms with E-state index in [1.807, 2.05) is 43.3 Å². The summed E-state index contributed by atoms with van der Waals surface area (Å²) in [5.74, 6) is 0.333. The number of carbonyl (C=O) groups is 2. The third kappa shape index (κ3) is 6.21. The van der Waals surface area contributed by atoms with Crippen molar-refractivity contribution in [3.63, 3.8) is 0 Å². The van der Waals surface area contributed by atoms with Crippen molar-refractivity contribution < 1.29 is 19.1 Å². The van der Waals surface area contributed by atoms with Gasteiger partial charge in [-0.05, 0) is 36.2 Å². The number of H-pyrrole nitrogens is 1. The van der Waals surface area contributed by atoms with Crippen molar-refractivity contribution in [1.29, 1.82) is 0 Å². The highest BCUT2D eigenvalue weighted by atomic mass is 35.5. The van der Waals surface area contributed by atoms with E-state index in [0.29, 0.717) is 36.2 Å². The average Bonchev–Trinajstić information content (AvgIpc) is 3.40. The first kappa shape index (κ1) is 24.8. The Bertz CT molecular complexity index is 1160. The van der Waals surface area contributed by atoms with Gasteiger partial charge >= 0.3 is 0 Å². The lowest BCUT2D eigenvalue weighted by Gasteiger charge is -2.42. The van der Waals surface area contributed by atoms with Gasteiger partial charge in [0.05, 0.1) is 32.1 Å². The van der Waals surface area contributed by atoms with Gasteiger partial charge in [-0.15, -0.1) is 0 Å². The van der Waals surface area contributed by atoms with Crippen LogP contribution < -0.4 is 4.74 Å². The van der Waals surface area contributed by atoms with Gasteiger partial charge in [0.2, 0.25) is 5.91 Å². The molecule has 0 aliphatic carbocycles. The van der Waals surface area contributed by atoms with E-state index in [2.05, 4.69) is 9.97 Å². The SMILES string of the molecule is Cc1cc(OC[C@]2(CC(=O)N(C)Cc3ccccc3)CN(C(=O)c3cnc[nH]3)CCO2)ccc1Cl. The zero-order valence-corrected chi connectivity index (χ0v) is 20.6. The topological polar surface area (TPSA) is 87.8 Å². The van der Waals surface area contributed by atoms with Crippen LogP contribution in [-0.4, -0.2) is 70.5 Å². The maximum Gasteiger partial charge on any atom is 0.272 e. The maximum atomic E-state index is 13.3. The van der Waals surface area contributed by atoms with Crippen molar-refractivity contribution >= 4 is 23.4 Å². The number of ether oxygens (including phenoxy) is 2. The van der Waals surface area contributed by atoms with Gasteiger partial charge in [0.1, 0.15) is 23.7 Å². The second-order valence-corrected chi connectivity index (χ2v) is 9.24. The lowest BCUT2D eigenvalue weighted by atomic mass is 9.96. The van der Waals surface area contributed by atoms with Crippen LogP contribution in [0.4, 0.5) is 0 Å². The molecule has 0 bridgehead atoms. The Hall–Kier alpha value is -3.36. The van der Waals surface area contributed by atoms with Crippen molar-refractivity contribution in [3.8, 4) is 5.75 Å². The Kier molecular flexibility index (Phi) is 7.73. The number of aromatic nitrogens is 2. The minimum atomic E-state index is -1.01. The zero-order chi connectivity index (χ0) is 24.8. The molecule has 1 aliphatic heterocycles. The minimum Gasteiger partial charge on any atom is -0.490 e. The van der Waals surface area contributed by atoms with Crippen LogP contribution in [0.25, 0.3) is 0 Å². The summed E-state index contributed by atoms with van der Waals surface area (Å²) >= 11 is 6.15. The van der Waals surface area contributed by atoms with E-state index in [1.54, 1.807) is 29.0 Å². The minimum absolute atomic E-state index is 0.0651. The summed E-state index contributed by atoms with van der Waals surface area (Å²) in [7, 11) is 1.77. The van der Waals surface area contributed by atoms with Gasteiger partial charge in [-0.1, -0.05) is 41.9 Å². The molecule has 0 radical (unpaired) electrons. The van der Waals surface area contributed by atoms with Crippen LogP contribution in [0.3, 0.4) is 0 Å². The van der Waals surface area contributed by atoms with E-state index in [0.717, 1.165) is 11.1 Å². The van der Waals surface area contributed by atoms with Crippen LogP contribution in [0.5, 0.6) is 5.75 Å². The molecule has 1 aliphatic rings. The summed E-state index contributed by atoms with van der Waals surface area (Å²) in [6, 6.07) is 15.2. The Morgan fingerprint density at radius 1 is 1.26 bits per heavy atom. The fourth-order valence-corrected chi connectivity index (χ4v) is 4.20. The number of aromatic amines is 1. The second kappa shape index (κ2) is 10.9. The molecule has 0 saturated carbocycles. The van der Waals surface area contributed by atoms with Gasteiger partial charge in [-0.2, -0.15) is 0 Å². The number of nitrogens with zero attached hydrogens (tertiary/aromatic N) is 3. The molecule has 2 aromatic carbocycles. The highest BCUT2D eigenvalue weighted by molar-refractivity contribution is 6.31. The number of nitrogens with one attached hydrogen (secondary N) is 1. The number of aryl methyl sites for hydroxylation is 1. The Labute approximate surface area is 209 Å². The molecule has 2 amide bonds. The normalized spacial score (nSPS) is 17.7. The molecule has 1 atom stereocenters. The Morgan fingerprint density at radius 2 is 2.06 bits per heavy atom. The van der Waals surface area contributed by atoms with Crippen molar-refractivity contribution in [1.82, 2.24) is 19.8 Å². The fourth-order valence-electron chi connectivity index (χ4n) is 4.08. The molecular weight excluding hydrogens is 468 g/mol. The van der Waals surface area contributed by atoms with E-state index in [1.165, 1.54) is 12.5 Å². The number of benzene rings is 2. The van der Waals surface area contributed by atoms with E-state index in [9.17, 15) is 9.59 Å². The molecule has 0 unspecified atom stereocenters. The summed E-state index contributed by atoms with van der Waals surface area (Å²) in [5, 5.41) is 0.648. The zero-order valence-electron chi connectivity index (χ0n) is 19.9. The molecule has 1 fully saturated rings. The summed E-state index contributed by atoms with van der Waals surface area (Å²) in [5.41, 5.74) is 1.30. The molecule has 184 valence electrons. The Morgan fingerprint density at radius 3 is 2.77 bits per heavy atom. The molecule has 8 nitrogen and oxygen atoms in total. The standard InChI is InChI=1S/C26H29ClN4O4/c1-19-12-21(8-9-22(19)27)34-17-26(13-24(32)30(2)15-20-6-4-3-5-7-20)16-31(10-11-35-26)25(33)23-14-28-18-29-23/h3-9,12,14,18H,10-11,13,15-17H2,1-2H3,(H,28,29)/t26-/m0/s1. The van der Waals surface area contributed by atoms with Crippen molar-refractivity contribution in [2.24, 2.45) is 0 Å². The molecular formula is C26H29ClN4O4. The molecule has 2 heterocycles. The smallest absolute Gasteiger partial charge is 0.272 e. The highest BCUT2D eigenvalue weighted by Gasteiger charge is 2.42. The molecule has 1 aromatic heterocycles. The van der Waals surface area contributed by atoms with E-state index >= 15 is 0 Å². The fraction of sp³-hybridized carbons (Fsp3) is 0.346. The second-order valence-electron chi connectivity index (χ2n) is 8.84. The molecule has 35 heavy (non-hydrogen) atoms. The average molecular weight is 497 g/mol. The van der Waals surface area contributed by atoms with Crippen LogP contribution >= 0.6 is 11.6 Å². The number of hydrogen-bond acceptors (Lipinski definition) is 5. The predicted molar refractivity (Wildman–Crippen MR) is 132 cm³/mol. The summed E-state index contributed by atoms with van der Waals surface area (Å²) < 4.78 is 12.3. The first-order valence-corrected chi connectivity index (χ1v) is 11.8. The van der Waals surface area contributed by atoms with Crippen molar-refractivity contribution in [2.45, 2.75) is 25.5 Å². The van der Waals surface area contributed by atoms with Crippen molar-refractivity contribution in [3.05, 3.63) is 82.9 Å². The van der Waals surface area contributed by atoms with Gasteiger partial charge in [0.25, 0.3) is 5.91 Å². The van der Waals surface area contributed by atoms with Crippen molar-refractivity contribution in [2.75, 3.05) is 33.4 Å². The third-order valence-electron chi connectivity index (χ3n) is 6.06. The lowest BCUT2D eigenvalue weighted by Crippen LogP contribution is -2.58. The van der Waals surface area contributed by atoms with Crippen LogP contribution in [0, 0.1) is 6.92 Å². The van der Waals surface area contributed by atoms with E-state index in [4.69, 9.17) is 21.1 Å². The Balaban J connectivity index is 1.52. The van der Waals surface area contributed by atoms with Crippen LogP contribution in [0.2, 0.25) is 5.02 Å². The number of hydrogen-bond donors (Lipinski definition) is 1. The quantitative estimate of drug-likeness (QED) is 0.513. The number of amides is 2. The summed E-state index contributed by atoms with van der Waals surface area (Å²) in [4.78, 5) is 36.5. The first-order valence-electron chi connectivity index (χ1n) is 11.4. The van der Waals surface area contributed by atoms with E-state index < -0.39 is 5.60 Å². The largest absolute Gasteiger partial charge is 0.490 e. The molecule has 0 spiro atoms. The number of halogens is 1. The van der Waals surface area contributed by atoms with Gasteiger partial charge in [0, 0.05) is 25.2 Å². The lowest BCUT2D eigenvalue weighted by molar-refractivity contribution is -0.152. The van der Waals surface area contributed by atoms with Crippen LogP contribution in [0.15, 0.2) is 61.1 Å². The van der Waals surface area contributed by atoms with Gasteiger partial charge in [-0.25, -0.2) is 4.98 Å². The highest BCUT2D eigenvalue weighted by Crippen LogP contribution is 2.28. The van der Waals surface area contributed by atoms with Crippen LogP contribution in [-0.2, 0) is 16.1 Å².